The Labute approximate surface area is 119 Å². The molecule has 3 N–H and O–H groups in total. The molecule has 1 amide bonds. The van der Waals surface area contributed by atoms with E-state index in [0.29, 0.717) is 12.2 Å². The minimum atomic E-state index is -0.374. The maximum atomic E-state index is 13.0. The molecule has 0 heterocycles. The molecule has 0 saturated carbocycles. The number of nitrogens with one attached hydrogen (secondary N) is 2. The average Bonchev–Trinajstić information content (AvgIpc) is 2.36. The molecule has 0 spiro atoms. The van der Waals surface area contributed by atoms with Gasteiger partial charge in [0.25, 0.3) is 0 Å². The van der Waals surface area contributed by atoms with Gasteiger partial charge in [-0.2, -0.15) is 0 Å². The average molecular weight is 282 g/mol. The number of hydrogen-bond acceptors (Lipinski definition) is 3. The standard InChI is InChI=1S/C15H23FN2O2/c1-15(2,7-4-8-19)11-17-10-14(20)18-13-6-3-5-12(16)9-13/h3,5-6,9,17,19H,4,7-8,10-11H2,1-2H3,(H,18,20). The van der Waals surface area contributed by atoms with Gasteiger partial charge in [-0.15, -0.1) is 0 Å². The van der Waals surface area contributed by atoms with Gasteiger partial charge in [0.05, 0.1) is 6.54 Å². The van der Waals surface area contributed by atoms with Crippen LogP contribution in [0.2, 0.25) is 0 Å². The van der Waals surface area contributed by atoms with E-state index in [-0.39, 0.29) is 30.3 Å². The van der Waals surface area contributed by atoms with Crippen molar-refractivity contribution in [1.82, 2.24) is 5.32 Å². The predicted octanol–water partition coefficient (Wildman–Crippen LogP) is 2.15. The highest BCUT2D eigenvalue weighted by atomic mass is 19.1. The van der Waals surface area contributed by atoms with Crippen LogP contribution in [0.15, 0.2) is 24.3 Å². The Morgan fingerprint density at radius 3 is 2.80 bits per heavy atom. The molecule has 0 aliphatic heterocycles. The normalized spacial score (nSPS) is 11.4. The number of amides is 1. The second-order valence-electron chi connectivity index (χ2n) is 5.65. The topological polar surface area (TPSA) is 61.4 Å². The number of halogens is 1. The lowest BCUT2D eigenvalue weighted by molar-refractivity contribution is -0.115. The molecule has 0 radical (unpaired) electrons. The molecule has 1 aromatic rings. The molecule has 0 unspecified atom stereocenters. The highest BCUT2D eigenvalue weighted by Gasteiger charge is 2.17. The number of rotatable bonds is 8. The van der Waals surface area contributed by atoms with Gasteiger partial charge in [0.2, 0.25) is 5.91 Å². The van der Waals surface area contributed by atoms with E-state index in [1.54, 1.807) is 12.1 Å². The summed E-state index contributed by atoms with van der Waals surface area (Å²) in [5.41, 5.74) is 0.485. The van der Waals surface area contributed by atoms with Crippen molar-refractivity contribution in [2.45, 2.75) is 26.7 Å². The van der Waals surface area contributed by atoms with Crippen LogP contribution in [-0.2, 0) is 4.79 Å². The Morgan fingerprint density at radius 2 is 2.15 bits per heavy atom. The summed E-state index contributed by atoms with van der Waals surface area (Å²) < 4.78 is 13.0. The van der Waals surface area contributed by atoms with Crippen LogP contribution in [0.25, 0.3) is 0 Å². The summed E-state index contributed by atoms with van der Waals surface area (Å²) >= 11 is 0. The van der Waals surface area contributed by atoms with Gasteiger partial charge < -0.3 is 15.7 Å². The van der Waals surface area contributed by atoms with Gasteiger partial charge in [-0.1, -0.05) is 19.9 Å². The molecule has 0 atom stereocenters. The van der Waals surface area contributed by atoms with Crippen molar-refractivity contribution in [3.63, 3.8) is 0 Å². The minimum absolute atomic E-state index is 0.0296. The van der Waals surface area contributed by atoms with Crippen LogP contribution in [0.1, 0.15) is 26.7 Å². The minimum Gasteiger partial charge on any atom is -0.396 e. The van der Waals surface area contributed by atoms with E-state index >= 15 is 0 Å². The van der Waals surface area contributed by atoms with E-state index in [2.05, 4.69) is 24.5 Å². The molecular formula is C15H23FN2O2. The van der Waals surface area contributed by atoms with Crippen molar-refractivity contribution >= 4 is 11.6 Å². The number of carbonyl (C=O) groups excluding carboxylic acids is 1. The van der Waals surface area contributed by atoms with Crippen molar-refractivity contribution in [3.8, 4) is 0 Å². The monoisotopic (exact) mass is 282 g/mol. The highest BCUT2D eigenvalue weighted by Crippen LogP contribution is 2.20. The molecule has 0 aliphatic rings. The second kappa shape index (κ2) is 7.97. The molecule has 1 rings (SSSR count). The van der Waals surface area contributed by atoms with Crippen LogP contribution < -0.4 is 10.6 Å². The first-order valence-electron chi connectivity index (χ1n) is 6.80. The summed E-state index contributed by atoms with van der Waals surface area (Å²) in [5.74, 6) is -0.575. The first kappa shape index (κ1) is 16.6. The third kappa shape index (κ3) is 6.63. The highest BCUT2D eigenvalue weighted by molar-refractivity contribution is 5.92. The van der Waals surface area contributed by atoms with Crippen LogP contribution in [0.4, 0.5) is 10.1 Å². The molecule has 0 aliphatic carbocycles. The van der Waals surface area contributed by atoms with Gasteiger partial charge in [0.1, 0.15) is 5.82 Å². The Bertz CT molecular complexity index is 436. The summed E-state index contributed by atoms with van der Waals surface area (Å²) in [6.45, 7) is 5.21. The molecule has 0 bridgehead atoms. The number of aliphatic hydroxyl groups is 1. The lowest BCUT2D eigenvalue weighted by atomic mass is 9.88. The van der Waals surface area contributed by atoms with Gasteiger partial charge in [0.15, 0.2) is 0 Å². The van der Waals surface area contributed by atoms with Gasteiger partial charge >= 0.3 is 0 Å². The summed E-state index contributed by atoms with van der Waals surface area (Å²) in [6.07, 6.45) is 1.65. The summed E-state index contributed by atoms with van der Waals surface area (Å²) in [6, 6.07) is 5.81. The quantitative estimate of drug-likeness (QED) is 0.684. The number of aliphatic hydroxyl groups excluding tert-OH is 1. The van der Waals surface area contributed by atoms with Crippen LogP contribution >= 0.6 is 0 Å². The van der Waals surface area contributed by atoms with Crippen molar-refractivity contribution in [1.29, 1.82) is 0 Å². The molecule has 20 heavy (non-hydrogen) atoms. The molecule has 4 nitrogen and oxygen atoms in total. The molecule has 0 saturated heterocycles. The number of hydrogen-bond donors (Lipinski definition) is 3. The van der Waals surface area contributed by atoms with Gasteiger partial charge in [-0.25, -0.2) is 4.39 Å². The van der Waals surface area contributed by atoms with E-state index < -0.39 is 0 Å². The SMILES string of the molecule is CC(C)(CCCO)CNCC(=O)Nc1cccc(F)c1. The first-order chi connectivity index (χ1) is 9.43. The van der Waals surface area contributed by atoms with E-state index in [1.165, 1.54) is 12.1 Å². The fourth-order valence-electron chi connectivity index (χ4n) is 1.93. The molecule has 112 valence electrons. The fourth-order valence-corrected chi connectivity index (χ4v) is 1.93. The maximum Gasteiger partial charge on any atom is 0.238 e. The maximum absolute atomic E-state index is 13.0. The number of benzene rings is 1. The number of carbonyl (C=O) groups is 1. The van der Waals surface area contributed by atoms with Gasteiger partial charge in [0, 0.05) is 18.8 Å². The number of anilines is 1. The lowest BCUT2D eigenvalue weighted by Crippen LogP contribution is -2.35. The van der Waals surface area contributed by atoms with Crippen molar-refractivity contribution < 1.29 is 14.3 Å². The molecular weight excluding hydrogens is 259 g/mol. The summed E-state index contributed by atoms with van der Waals surface area (Å²) in [7, 11) is 0. The fraction of sp³-hybridized carbons (Fsp3) is 0.533. The Morgan fingerprint density at radius 1 is 1.40 bits per heavy atom. The first-order valence-corrected chi connectivity index (χ1v) is 6.80. The zero-order valence-electron chi connectivity index (χ0n) is 12.1. The molecule has 1 aromatic carbocycles. The van der Waals surface area contributed by atoms with E-state index in [0.717, 1.165) is 12.8 Å². The third-order valence-electron chi connectivity index (χ3n) is 3.01. The molecule has 5 heteroatoms. The van der Waals surface area contributed by atoms with E-state index in [1.807, 2.05) is 0 Å². The zero-order chi connectivity index (χ0) is 15.0. The zero-order valence-corrected chi connectivity index (χ0v) is 12.1. The largest absolute Gasteiger partial charge is 0.396 e. The predicted molar refractivity (Wildman–Crippen MR) is 78.0 cm³/mol. The Kier molecular flexibility index (Phi) is 6.61. The smallest absolute Gasteiger partial charge is 0.238 e. The van der Waals surface area contributed by atoms with Crippen molar-refractivity contribution in [3.05, 3.63) is 30.1 Å². The molecule has 0 fully saturated rings. The van der Waals surface area contributed by atoms with Gasteiger partial charge in [-0.05, 0) is 36.5 Å². The van der Waals surface area contributed by atoms with Crippen LogP contribution in [0.5, 0.6) is 0 Å². The summed E-state index contributed by atoms with van der Waals surface area (Å²) in [4.78, 5) is 11.7. The van der Waals surface area contributed by atoms with Crippen molar-refractivity contribution in [2.75, 3.05) is 25.0 Å². The third-order valence-corrected chi connectivity index (χ3v) is 3.01. The summed E-state index contributed by atoms with van der Waals surface area (Å²) in [5, 5.41) is 14.5. The lowest BCUT2D eigenvalue weighted by Gasteiger charge is -2.24. The Balaban J connectivity index is 2.30. The van der Waals surface area contributed by atoms with Crippen LogP contribution in [-0.4, -0.2) is 30.7 Å². The van der Waals surface area contributed by atoms with Gasteiger partial charge in [-0.3, -0.25) is 4.79 Å². The Hall–Kier alpha value is -1.46. The van der Waals surface area contributed by atoms with E-state index in [4.69, 9.17) is 5.11 Å². The van der Waals surface area contributed by atoms with Crippen LogP contribution in [0, 0.1) is 11.2 Å². The van der Waals surface area contributed by atoms with Crippen LogP contribution in [0.3, 0.4) is 0 Å². The molecule has 0 aromatic heterocycles. The van der Waals surface area contributed by atoms with Crippen molar-refractivity contribution in [2.24, 2.45) is 5.41 Å². The van der Waals surface area contributed by atoms with E-state index in [9.17, 15) is 9.18 Å². The second-order valence-corrected chi connectivity index (χ2v) is 5.65.